The van der Waals surface area contributed by atoms with E-state index in [0.29, 0.717) is 16.2 Å². The Kier molecular flexibility index (Phi) is 3.02. The van der Waals surface area contributed by atoms with Crippen LogP contribution in [0.15, 0.2) is 16.7 Å². The van der Waals surface area contributed by atoms with E-state index in [0.717, 1.165) is 25.2 Å². The second-order valence-corrected chi connectivity index (χ2v) is 4.43. The second-order valence-electron chi connectivity index (χ2n) is 3.61. The largest absolute Gasteiger partial charge is 0.381 e. The molecule has 1 aliphatic heterocycles. The van der Waals surface area contributed by atoms with Crippen LogP contribution in [-0.2, 0) is 11.2 Å². The molecular formula is C10H11BrN2O2. The minimum Gasteiger partial charge on any atom is -0.381 e. The Morgan fingerprint density at radius 3 is 2.87 bits per heavy atom. The summed E-state index contributed by atoms with van der Waals surface area (Å²) >= 11 is 3.22. The summed E-state index contributed by atoms with van der Waals surface area (Å²) in [5.41, 5.74) is 6.52. The summed E-state index contributed by atoms with van der Waals surface area (Å²) < 4.78 is 5.71. The molecule has 80 valence electrons. The van der Waals surface area contributed by atoms with E-state index in [9.17, 15) is 4.79 Å². The van der Waals surface area contributed by atoms with Gasteiger partial charge in [0.25, 0.3) is 5.91 Å². The van der Waals surface area contributed by atoms with Gasteiger partial charge in [0, 0.05) is 5.92 Å². The Morgan fingerprint density at radius 1 is 1.60 bits per heavy atom. The van der Waals surface area contributed by atoms with E-state index >= 15 is 0 Å². The molecule has 1 amide bonds. The molecule has 1 saturated heterocycles. The van der Waals surface area contributed by atoms with E-state index in [2.05, 4.69) is 20.9 Å². The number of nitrogens with two attached hydrogens (primary N) is 1. The topological polar surface area (TPSA) is 65.2 Å². The predicted octanol–water partition coefficient (Wildman–Crippen LogP) is 1.13. The summed E-state index contributed by atoms with van der Waals surface area (Å²) in [7, 11) is 0. The third-order valence-electron chi connectivity index (χ3n) is 2.39. The van der Waals surface area contributed by atoms with E-state index in [-0.39, 0.29) is 0 Å². The molecule has 2 rings (SSSR count). The quantitative estimate of drug-likeness (QED) is 0.838. The van der Waals surface area contributed by atoms with Crippen LogP contribution >= 0.6 is 15.9 Å². The summed E-state index contributed by atoms with van der Waals surface area (Å²) in [6.45, 7) is 1.52. The lowest BCUT2D eigenvalue weighted by atomic mass is 9.97. The number of hydrogen-bond donors (Lipinski definition) is 1. The van der Waals surface area contributed by atoms with Crippen molar-refractivity contribution in [2.45, 2.75) is 6.42 Å². The Bertz CT molecular complexity index is 391. The third kappa shape index (κ3) is 2.35. The Morgan fingerprint density at radius 2 is 2.33 bits per heavy atom. The molecule has 0 aliphatic carbocycles. The smallest absolute Gasteiger partial charge is 0.267 e. The molecule has 1 aliphatic rings. The van der Waals surface area contributed by atoms with Gasteiger partial charge >= 0.3 is 0 Å². The van der Waals surface area contributed by atoms with E-state index < -0.39 is 5.91 Å². The van der Waals surface area contributed by atoms with Crippen molar-refractivity contribution in [3.05, 3.63) is 28.0 Å². The van der Waals surface area contributed by atoms with Crippen molar-refractivity contribution >= 4 is 21.8 Å². The molecule has 0 atom stereocenters. The van der Waals surface area contributed by atoms with Crippen molar-refractivity contribution in [3.8, 4) is 0 Å². The van der Waals surface area contributed by atoms with Gasteiger partial charge in [-0.25, -0.2) is 4.98 Å². The van der Waals surface area contributed by atoms with Crippen LogP contribution in [0.1, 0.15) is 16.1 Å². The number of amides is 1. The molecule has 0 unspecified atom stereocenters. The molecule has 15 heavy (non-hydrogen) atoms. The number of primary amides is 1. The molecule has 2 N–H and O–H groups in total. The number of pyridine rings is 1. The molecule has 0 bridgehead atoms. The number of aromatic nitrogens is 1. The van der Waals surface area contributed by atoms with Crippen molar-refractivity contribution in [1.82, 2.24) is 4.98 Å². The molecular weight excluding hydrogens is 260 g/mol. The van der Waals surface area contributed by atoms with Gasteiger partial charge in [-0.3, -0.25) is 4.79 Å². The predicted molar refractivity (Wildman–Crippen MR) is 58.5 cm³/mol. The Balaban J connectivity index is 2.23. The highest BCUT2D eigenvalue weighted by Crippen LogP contribution is 2.20. The van der Waals surface area contributed by atoms with Crippen molar-refractivity contribution < 1.29 is 9.53 Å². The fraction of sp³-hybridized carbons (Fsp3) is 0.400. The number of rotatable bonds is 3. The molecule has 0 saturated carbocycles. The molecule has 1 fully saturated rings. The van der Waals surface area contributed by atoms with Crippen LogP contribution in [0.25, 0.3) is 0 Å². The van der Waals surface area contributed by atoms with E-state index in [1.165, 1.54) is 0 Å². The van der Waals surface area contributed by atoms with Gasteiger partial charge in [0.1, 0.15) is 10.3 Å². The maximum Gasteiger partial charge on any atom is 0.267 e. The summed E-state index contributed by atoms with van der Waals surface area (Å²) in [5.74, 6) is 0.0117. The van der Waals surface area contributed by atoms with E-state index in [1.807, 2.05) is 12.1 Å². The van der Waals surface area contributed by atoms with Crippen LogP contribution < -0.4 is 5.73 Å². The summed E-state index contributed by atoms with van der Waals surface area (Å²) in [5, 5.41) is 0. The maximum absolute atomic E-state index is 11.2. The minimum atomic E-state index is -0.480. The highest BCUT2D eigenvalue weighted by Gasteiger charge is 2.21. The van der Waals surface area contributed by atoms with E-state index in [1.54, 1.807) is 0 Å². The van der Waals surface area contributed by atoms with Crippen LogP contribution in [-0.4, -0.2) is 24.1 Å². The van der Waals surface area contributed by atoms with Crippen molar-refractivity contribution in [2.24, 2.45) is 11.7 Å². The summed E-state index contributed by atoms with van der Waals surface area (Å²) in [4.78, 5) is 15.3. The Labute approximate surface area is 96.0 Å². The van der Waals surface area contributed by atoms with Crippen molar-refractivity contribution in [2.75, 3.05) is 13.2 Å². The lowest BCUT2D eigenvalue weighted by Gasteiger charge is -2.26. The number of halogens is 1. The van der Waals surface area contributed by atoms with Crippen molar-refractivity contribution in [3.63, 3.8) is 0 Å². The highest BCUT2D eigenvalue weighted by molar-refractivity contribution is 9.10. The number of hydrogen-bond acceptors (Lipinski definition) is 3. The van der Waals surface area contributed by atoms with Gasteiger partial charge in [0.05, 0.1) is 13.2 Å². The molecule has 2 heterocycles. The van der Waals surface area contributed by atoms with Gasteiger partial charge in [-0.05, 0) is 34.0 Å². The first-order valence-corrected chi connectivity index (χ1v) is 5.49. The van der Waals surface area contributed by atoms with Gasteiger partial charge < -0.3 is 10.5 Å². The molecule has 0 spiro atoms. The van der Waals surface area contributed by atoms with Gasteiger partial charge in [-0.15, -0.1) is 0 Å². The van der Waals surface area contributed by atoms with Crippen LogP contribution in [0.4, 0.5) is 0 Å². The number of carbonyl (C=O) groups excluding carboxylic acids is 1. The first-order valence-electron chi connectivity index (χ1n) is 4.70. The molecule has 0 aromatic carbocycles. The molecule has 5 heteroatoms. The maximum atomic E-state index is 11.2. The molecule has 1 aromatic rings. The normalized spacial score (nSPS) is 16.1. The van der Waals surface area contributed by atoms with Crippen LogP contribution in [0, 0.1) is 5.92 Å². The first kappa shape index (κ1) is 10.6. The van der Waals surface area contributed by atoms with Crippen LogP contribution in [0.5, 0.6) is 0 Å². The lowest BCUT2D eigenvalue weighted by Crippen LogP contribution is -2.30. The van der Waals surface area contributed by atoms with Gasteiger partial charge in [0.15, 0.2) is 0 Å². The van der Waals surface area contributed by atoms with E-state index in [4.69, 9.17) is 10.5 Å². The van der Waals surface area contributed by atoms with Crippen molar-refractivity contribution in [1.29, 1.82) is 0 Å². The van der Waals surface area contributed by atoms with Gasteiger partial charge in [0.2, 0.25) is 0 Å². The number of carbonyl (C=O) groups is 1. The number of nitrogens with zero attached hydrogens (tertiary/aromatic N) is 1. The fourth-order valence-corrected chi connectivity index (χ4v) is 1.87. The summed E-state index contributed by atoms with van der Waals surface area (Å²) in [6.07, 6.45) is 0.804. The molecule has 1 aromatic heterocycles. The fourth-order valence-electron chi connectivity index (χ4n) is 1.56. The van der Waals surface area contributed by atoms with Crippen LogP contribution in [0.2, 0.25) is 0 Å². The zero-order valence-electron chi connectivity index (χ0n) is 8.07. The zero-order valence-corrected chi connectivity index (χ0v) is 9.66. The van der Waals surface area contributed by atoms with Crippen LogP contribution in [0.3, 0.4) is 0 Å². The minimum absolute atomic E-state index is 0.358. The summed E-state index contributed by atoms with van der Waals surface area (Å²) in [6, 6.07) is 3.71. The molecule has 4 nitrogen and oxygen atoms in total. The molecule has 0 radical (unpaired) electrons. The highest BCUT2D eigenvalue weighted by atomic mass is 79.9. The average molecular weight is 271 g/mol. The number of ether oxygens (including phenoxy) is 1. The van der Waals surface area contributed by atoms with Gasteiger partial charge in [-0.2, -0.15) is 0 Å². The average Bonchev–Trinajstić information content (AvgIpc) is 2.12. The first-order chi connectivity index (χ1) is 7.16. The third-order valence-corrected chi connectivity index (χ3v) is 2.84. The monoisotopic (exact) mass is 270 g/mol. The zero-order chi connectivity index (χ0) is 10.8. The lowest BCUT2D eigenvalue weighted by molar-refractivity contribution is -0.0313. The van der Waals surface area contributed by atoms with Gasteiger partial charge in [-0.1, -0.05) is 6.07 Å². The SMILES string of the molecule is NC(=O)c1nc(Br)ccc1CC1COC1. The Hall–Kier alpha value is -0.940. The second kappa shape index (κ2) is 4.28. The standard InChI is InChI=1S/C10H11BrN2O2/c11-8-2-1-7(3-6-4-15-5-6)9(13-8)10(12)14/h1-2,6H,3-5H2,(H2,12,14).